The Bertz CT molecular complexity index is 1370. The number of amides is 2. The molecule has 38 heavy (non-hydrogen) atoms. The third-order valence-electron chi connectivity index (χ3n) is 5.80. The first-order valence-corrected chi connectivity index (χ1v) is 14.9. The smallest absolute Gasteiger partial charge is 0.264 e. The summed E-state index contributed by atoms with van der Waals surface area (Å²) in [6.07, 6.45) is 0.322. The topological polar surface area (TPSA) is 86.8 Å². The van der Waals surface area contributed by atoms with Gasteiger partial charge in [-0.2, -0.15) is 0 Å². The summed E-state index contributed by atoms with van der Waals surface area (Å²) in [5, 5.41) is 3.44. The van der Waals surface area contributed by atoms with E-state index in [2.05, 4.69) is 21.2 Å². The van der Waals surface area contributed by atoms with Gasteiger partial charge in [0.2, 0.25) is 11.8 Å². The molecule has 0 aliphatic heterocycles. The highest BCUT2D eigenvalue weighted by molar-refractivity contribution is 9.10. The molecule has 0 aliphatic rings. The van der Waals surface area contributed by atoms with Gasteiger partial charge < -0.3 is 10.2 Å². The molecule has 0 aromatic heterocycles. The van der Waals surface area contributed by atoms with E-state index in [4.69, 9.17) is 23.2 Å². The van der Waals surface area contributed by atoms with Crippen molar-refractivity contribution in [1.82, 2.24) is 10.2 Å². The largest absolute Gasteiger partial charge is 0.355 e. The monoisotopic (exact) mass is 639 g/mol. The molecule has 3 aromatic rings. The van der Waals surface area contributed by atoms with Gasteiger partial charge in [0.1, 0.15) is 12.6 Å². The molecule has 1 N–H and O–H groups in total. The Kier molecular flexibility index (Phi) is 10.6. The van der Waals surface area contributed by atoms with Crippen LogP contribution in [0.3, 0.4) is 0 Å². The Morgan fingerprint density at radius 1 is 0.947 bits per heavy atom. The molecule has 0 radical (unpaired) electrons. The van der Waals surface area contributed by atoms with Crippen LogP contribution in [0.4, 0.5) is 5.69 Å². The molecule has 0 fully saturated rings. The van der Waals surface area contributed by atoms with Gasteiger partial charge in [-0.3, -0.25) is 13.9 Å². The van der Waals surface area contributed by atoms with Gasteiger partial charge in [0.15, 0.2) is 0 Å². The van der Waals surface area contributed by atoms with Crippen molar-refractivity contribution >= 4 is 66.7 Å². The minimum absolute atomic E-state index is 0.0327. The number of carbonyl (C=O) groups excluding carboxylic acids is 2. The standard InChI is InChI=1S/C27H28BrCl2N3O4S/c1-3-25(27(35)31-4-2)32(17-19-10-15-23(29)24(30)16-19)26(34)18-33(21-13-11-20(28)12-14-21)38(36,37)22-8-6-5-7-9-22/h5-16,25H,3-4,17-18H2,1-2H3,(H,31,35)/t25-/m0/s1. The molecule has 0 saturated carbocycles. The first-order valence-electron chi connectivity index (χ1n) is 11.9. The maximum Gasteiger partial charge on any atom is 0.264 e. The molecule has 0 spiro atoms. The zero-order valence-corrected chi connectivity index (χ0v) is 24.8. The van der Waals surface area contributed by atoms with E-state index in [9.17, 15) is 18.0 Å². The first-order chi connectivity index (χ1) is 18.1. The number of nitrogens with zero attached hydrogens (tertiary/aromatic N) is 2. The van der Waals surface area contributed by atoms with Crippen LogP contribution in [0.1, 0.15) is 25.8 Å². The number of sulfonamides is 1. The van der Waals surface area contributed by atoms with E-state index in [0.717, 1.165) is 8.78 Å². The van der Waals surface area contributed by atoms with E-state index in [-0.39, 0.29) is 17.3 Å². The van der Waals surface area contributed by atoms with Crippen LogP contribution >= 0.6 is 39.1 Å². The summed E-state index contributed by atoms with van der Waals surface area (Å²) in [5.74, 6) is -0.874. The second kappa shape index (κ2) is 13.5. The minimum Gasteiger partial charge on any atom is -0.355 e. The summed E-state index contributed by atoms with van der Waals surface area (Å²) in [6.45, 7) is 3.48. The number of hydrogen-bond acceptors (Lipinski definition) is 4. The third kappa shape index (κ3) is 7.28. The predicted octanol–water partition coefficient (Wildman–Crippen LogP) is 5.89. The second-order valence-electron chi connectivity index (χ2n) is 8.39. The molecule has 1 atom stereocenters. The maximum absolute atomic E-state index is 13.9. The SMILES string of the molecule is CCNC(=O)[C@H](CC)N(Cc1ccc(Cl)c(Cl)c1)C(=O)CN(c1ccc(Br)cc1)S(=O)(=O)c1ccccc1. The molecule has 7 nitrogen and oxygen atoms in total. The second-order valence-corrected chi connectivity index (χ2v) is 12.0. The molecule has 0 aliphatic carbocycles. The van der Waals surface area contributed by atoms with Gasteiger partial charge >= 0.3 is 0 Å². The number of halogens is 3. The average Bonchev–Trinajstić information content (AvgIpc) is 2.90. The van der Waals surface area contributed by atoms with Crippen LogP contribution in [-0.2, 0) is 26.2 Å². The molecule has 11 heteroatoms. The summed E-state index contributed by atoms with van der Waals surface area (Å²) in [4.78, 5) is 28.3. The number of carbonyl (C=O) groups is 2. The Morgan fingerprint density at radius 3 is 2.18 bits per heavy atom. The van der Waals surface area contributed by atoms with E-state index in [1.54, 1.807) is 74.5 Å². The molecule has 0 heterocycles. The van der Waals surface area contributed by atoms with Crippen LogP contribution in [0.2, 0.25) is 10.0 Å². The molecule has 3 rings (SSSR count). The highest BCUT2D eigenvalue weighted by Gasteiger charge is 2.33. The van der Waals surface area contributed by atoms with Crippen molar-refractivity contribution in [2.75, 3.05) is 17.4 Å². The van der Waals surface area contributed by atoms with Crippen LogP contribution in [0, 0.1) is 0 Å². The molecule has 3 aromatic carbocycles. The highest BCUT2D eigenvalue weighted by Crippen LogP contribution is 2.27. The molecule has 0 unspecified atom stereocenters. The highest BCUT2D eigenvalue weighted by atomic mass is 79.9. The normalized spacial score (nSPS) is 12.0. The summed E-state index contributed by atoms with van der Waals surface area (Å²) in [7, 11) is -4.11. The van der Waals surface area contributed by atoms with Crippen LogP contribution in [0.15, 0.2) is 82.2 Å². The summed E-state index contributed by atoms with van der Waals surface area (Å²) < 4.78 is 29.3. The fourth-order valence-electron chi connectivity index (χ4n) is 3.90. The maximum atomic E-state index is 13.9. The Labute approximate surface area is 241 Å². The number of nitrogens with one attached hydrogen (secondary N) is 1. The van der Waals surface area contributed by atoms with E-state index in [1.807, 2.05) is 0 Å². The van der Waals surface area contributed by atoms with Crippen molar-refractivity contribution in [3.05, 3.63) is 92.9 Å². The molecular weight excluding hydrogens is 613 g/mol. The van der Waals surface area contributed by atoms with Crippen LogP contribution in [0.25, 0.3) is 0 Å². The molecule has 202 valence electrons. The lowest BCUT2D eigenvalue weighted by Gasteiger charge is -2.33. The van der Waals surface area contributed by atoms with Crippen molar-refractivity contribution in [3.8, 4) is 0 Å². The van der Waals surface area contributed by atoms with Gasteiger partial charge in [-0.25, -0.2) is 8.42 Å². The van der Waals surface area contributed by atoms with Crippen molar-refractivity contribution < 1.29 is 18.0 Å². The van der Waals surface area contributed by atoms with Gasteiger partial charge in [0.25, 0.3) is 10.0 Å². The van der Waals surface area contributed by atoms with E-state index in [1.165, 1.54) is 17.0 Å². The fraction of sp³-hybridized carbons (Fsp3) is 0.259. The quantitative estimate of drug-likeness (QED) is 0.283. The lowest BCUT2D eigenvalue weighted by molar-refractivity contribution is -0.140. The van der Waals surface area contributed by atoms with Crippen LogP contribution in [0.5, 0.6) is 0 Å². The van der Waals surface area contributed by atoms with E-state index in [0.29, 0.717) is 34.3 Å². The molecular formula is C27H28BrCl2N3O4S. The number of likely N-dealkylation sites (N-methyl/N-ethyl adjacent to an activating group) is 1. The zero-order chi connectivity index (χ0) is 27.9. The lowest BCUT2D eigenvalue weighted by atomic mass is 10.1. The fourth-order valence-corrected chi connectivity index (χ4v) is 5.92. The van der Waals surface area contributed by atoms with Gasteiger partial charge in [-0.05, 0) is 67.4 Å². The number of anilines is 1. The van der Waals surface area contributed by atoms with E-state index >= 15 is 0 Å². The van der Waals surface area contributed by atoms with Crippen LogP contribution < -0.4 is 9.62 Å². The van der Waals surface area contributed by atoms with Gasteiger partial charge in [0.05, 0.1) is 20.6 Å². The average molecular weight is 641 g/mol. The number of rotatable bonds is 11. The summed E-state index contributed by atoms with van der Waals surface area (Å²) >= 11 is 15.6. The molecule has 2 amide bonds. The molecule has 0 bridgehead atoms. The number of benzene rings is 3. The Morgan fingerprint density at radius 2 is 1.61 bits per heavy atom. The van der Waals surface area contributed by atoms with Crippen molar-refractivity contribution in [3.63, 3.8) is 0 Å². The minimum atomic E-state index is -4.11. The van der Waals surface area contributed by atoms with Crippen LogP contribution in [-0.4, -0.2) is 44.3 Å². The number of hydrogen-bond donors (Lipinski definition) is 1. The summed E-state index contributed by atoms with van der Waals surface area (Å²) in [6, 6.07) is 18.6. The summed E-state index contributed by atoms with van der Waals surface area (Å²) in [5.41, 5.74) is 0.961. The van der Waals surface area contributed by atoms with Gasteiger partial charge in [0, 0.05) is 17.6 Å². The van der Waals surface area contributed by atoms with Crippen molar-refractivity contribution in [2.45, 2.75) is 37.8 Å². The zero-order valence-electron chi connectivity index (χ0n) is 20.9. The predicted molar refractivity (Wildman–Crippen MR) is 155 cm³/mol. The van der Waals surface area contributed by atoms with Crippen molar-refractivity contribution in [1.29, 1.82) is 0 Å². The lowest BCUT2D eigenvalue weighted by Crippen LogP contribution is -2.52. The van der Waals surface area contributed by atoms with Crippen molar-refractivity contribution in [2.24, 2.45) is 0 Å². The Hall–Kier alpha value is -2.59. The van der Waals surface area contributed by atoms with Gasteiger partial charge in [-0.15, -0.1) is 0 Å². The molecule has 0 saturated heterocycles. The first kappa shape index (κ1) is 30.0. The Balaban J connectivity index is 2.05. The van der Waals surface area contributed by atoms with Gasteiger partial charge in [-0.1, -0.05) is 70.3 Å². The third-order valence-corrected chi connectivity index (χ3v) is 8.85. The van der Waals surface area contributed by atoms with E-state index < -0.39 is 28.5 Å².